The molecule has 4 aromatic rings. The first-order valence-electron chi connectivity index (χ1n) is 16.7. The summed E-state index contributed by atoms with van der Waals surface area (Å²) in [5.74, 6) is 2.98. The second-order valence-electron chi connectivity index (χ2n) is 12.0. The number of hydrogen-bond acceptors (Lipinski definition) is 11. The zero-order valence-electron chi connectivity index (χ0n) is 29.7. The van der Waals surface area contributed by atoms with Crippen LogP contribution >= 0.6 is 0 Å². The fourth-order valence-electron chi connectivity index (χ4n) is 5.61. The van der Waals surface area contributed by atoms with Crippen molar-refractivity contribution in [3.8, 4) is 23.0 Å². The summed E-state index contributed by atoms with van der Waals surface area (Å²) in [5.41, 5.74) is 3.75. The molecule has 51 heavy (non-hydrogen) atoms. The van der Waals surface area contributed by atoms with Gasteiger partial charge in [-0.25, -0.2) is 0 Å². The van der Waals surface area contributed by atoms with Gasteiger partial charge in [0.1, 0.15) is 47.4 Å². The molecular weight excluding hydrogens is 654 g/mol. The molecule has 5 atom stereocenters. The molecule has 1 heterocycles. The maximum absolute atomic E-state index is 8.22. The first-order valence-corrected chi connectivity index (χ1v) is 16.7. The maximum atomic E-state index is 8.22. The molecule has 0 aromatic heterocycles. The van der Waals surface area contributed by atoms with Crippen LogP contribution in [0.3, 0.4) is 0 Å². The molecule has 272 valence electrons. The Labute approximate surface area is 299 Å². The number of rotatable bonds is 18. The van der Waals surface area contributed by atoms with Gasteiger partial charge >= 0.3 is 0 Å². The van der Waals surface area contributed by atoms with Gasteiger partial charge in [-0.1, -0.05) is 48.5 Å². The molecule has 0 saturated carbocycles. The van der Waals surface area contributed by atoms with Crippen LogP contribution in [-0.2, 0) is 54.8 Å². The Bertz CT molecular complexity index is 1610. The molecule has 1 aliphatic rings. The average Bonchev–Trinajstić information content (AvgIpc) is 3.16. The second kappa shape index (κ2) is 19.1. The van der Waals surface area contributed by atoms with E-state index in [0.29, 0.717) is 6.61 Å². The SMILES string of the molecule is COc1ccc(COCC2OC(OC(C)=N)[C@@H](OCc3ccc(OC)cc3)C(OCc3ccc(OC)cc3)[C@@H]2OCc2ccc(OC)cc2)cc1. The van der Waals surface area contributed by atoms with Crippen molar-refractivity contribution in [3.05, 3.63) is 119 Å². The van der Waals surface area contributed by atoms with Crippen molar-refractivity contribution in [2.24, 2.45) is 0 Å². The number of ether oxygens (including phenoxy) is 10. The molecular formula is C40H47NO10. The average molecular weight is 702 g/mol. The lowest BCUT2D eigenvalue weighted by Gasteiger charge is -2.45. The molecule has 1 fully saturated rings. The van der Waals surface area contributed by atoms with Crippen LogP contribution in [0.4, 0.5) is 0 Å². The number of nitrogens with one attached hydrogen (secondary N) is 1. The van der Waals surface area contributed by atoms with Gasteiger partial charge in [-0.2, -0.15) is 0 Å². The van der Waals surface area contributed by atoms with Gasteiger partial charge in [0, 0.05) is 6.92 Å². The Hall–Kier alpha value is -4.65. The smallest absolute Gasteiger partial charge is 0.230 e. The summed E-state index contributed by atoms with van der Waals surface area (Å²) in [5, 5.41) is 8.22. The van der Waals surface area contributed by atoms with Crippen LogP contribution in [-0.4, -0.2) is 71.6 Å². The molecule has 11 heteroatoms. The van der Waals surface area contributed by atoms with E-state index < -0.39 is 30.7 Å². The largest absolute Gasteiger partial charge is 0.497 e. The highest BCUT2D eigenvalue weighted by atomic mass is 16.7. The molecule has 0 amide bonds. The van der Waals surface area contributed by atoms with Gasteiger partial charge in [-0.15, -0.1) is 0 Å². The Balaban J connectivity index is 1.44. The lowest BCUT2D eigenvalue weighted by atomic mass is 9.97. The van der Waals surface area contributed by atoms with Crippen LogP contribution in [0.1, 0.15) is 29.2 Å². The number of hydrogen-bond donors (Lipinski definition) is 1. The van der Waals surface area contributed by atoms with Crippen LogP contribution < -0.4 is 18.9 Å². The van der Waals surface area contributed by atoms with Crippen LogP contribution in [0.5, 0.6) is 23.0 Å². The molecule has 5 rings (SSSR count). The van der Waals surface area contributed by atoms with Crippen LogP contribution in [0.2, 0.25) is 0 Å². The van der Waals surface area contributed by atoms with E-state index in [1.165, 1.54) is 0 Å². The zero-order valence-corrected chi connectivity index (χ0v) is 29.7. The van der Waals surface area contributed by atoms with Crippen molar-refractivity contribution in [1.29, 1.82) is 5.41 Å². The Kier molecular flexibility index (Phi) is 14.1. The van der Waals surface area contributed by atoms with Crippen molar-refractivity contribution in [2.45, 2.75) is 64.1 Å². The molecule has 0 radical (unpaired) electrons. The van der Waals surface area contributed by atoms with Crippen LogP contribution in [0.15, 0.2) is 97.1 Å². The summed E-state index contributed by atoms with van der Waals surface area (Å²) in [6.07, 6.45) is -3.78. The molecule has 0 aliphatic carbocycles. The van der Waals surface area contributed by atoms with Gasteiger partial charge in [0.05, 0.1) is 61.5 Å². The lowest BCUT2D eigenvalue weighted by molar-refractivity contribution is -0.313. The van der Waals surface area contributed by atoms with E-state index in [1.54, 1.807) is 35.4 Å². The van der Waals surface area contributed by atoms with Gasteiger partial charge in [0.25, 0.3) is 0 Å². The zero-order chi connectivity index (χ0) is 36.0. The molecule has 3 unspecified atom stereocenters. The van der Waals surface area contributed by atoms with Crippen molar-refractivity contribution in [3.63, 3.8) is 0 Å². The summed E-state index contributed by atoms with van der Waals surface area (Å²) >= 11 is 0. The van der Waals surface area contributed by atoms with Gasteiger partial charge < -0.3 is 47.4 Å². The van der Waals surface area contributed by atoms with E-state index in [9.17, 15) is 0 Å². The van der Waals surface area contributed by atoms with E-state index in [2.05, 4.69) is 0 Å². The standard InChI is InChI=1S/C40H47NO10/c1-27(41)50-40-39(49-25-31-12-20-35(45-5)21-13-31)38(48-24-30-10-18-34(44-4)19-11-30)37(47-23-29-8-16-33(43-3)17-9-29)36(51-40)26-46-22-28-6-14-32(42-2)15-7-28/h6-21,36-41H,22-26H2,1-5H3/t36?,37-,38?,39+,40?/m1/s1. The van der Waals surface area contributed by atoms with Crippen LogP contribution in [0.25, 0.3) is 0 Å². The fraction of sp³-hybridized carbons (Fsp3) is 0.375. The van der Waals surface area contributed by atoms with Crippen molar-refractivity contribution < 1.29 is 47.4 Å². The van der Waals surface area contributed by atoms with Gasteiger partial charge in [-0.05, 0) is 70.8 Å². The Morgan fingerprint density at radius 3 is 1.24 bits per heavy atom. The third-order valence-corrected chi connectivity index (χ3v) is 8.40. The van der Waals surface area contributed by atoms with E-state index in [0.717, 1.165) is 45.3 Å². The topological polar surface area (TPSA) is 116 Å². The summed E-state index contributed by atoms with van der Waals surface area (Å²) in [7, 11) is 6.52. The Morgan fingerprint density at radius 2 is 0.863 bits per heavy atom. The summed E-state index contributed by atoms with van der Waals surface area (Å²) < 4.78 is 60.1. The molecule has 0 spiro atoms. The van der Waals surface area contributed by atoms with Gasteiger partial charge in [0.2, 0.25) is 6.29 Å². The lowest BCUT2D eigenvalue weighted by Crippen LogP contribution is -2.62. The highest BCUT2D eigenvalue weighted by Crippen LogP contribution is 2.32. The molecule has 1 saturated heterocycles. The summed E-state index contributed by atoms with van der Waals surface area (Å²) in [4.78, 5) is 0. The minimum Gasteiger partial charge on any atom is -0.497 e. The maximum Gasteiger partial charge on any atom is 0.230 e. The predicted molar refractivity (Wildman–Crippen MR) is 191 cm³/mol. The second-order valence-corrected chi connectivity index (χ2v) is 12.0. The fourth-order valence-corrected chi connectivity index (χ4v) is 5.61. The number of methoxy groups -OCH3 is 4. The van der Waals surface area contributed by atoms with E-state index in [4.69, 9.17) is 52.8 Å². The van der Waals surface area contributed by atoms with Crippen molar-refractivity contribution in [2.75, 3.05) is 35.0 Å². The van der Waals surface area contributed by atoms with Crippen LogP contribution in [0, 0.1) is 5.41 Å². The molecule has 1 aliphatic heterocycles. The normalized spacial score (nSPS) is 20.0. The first kappa shape index (κ1) is 37.6. The molecule has 4 aromatic carbocycles. The predicted octanol–water partition coefficient (Wildman–Crippen LogP) is 6.73. The third-order valence-electron chi connectivity index (χ3n) is 8.40. The number of benzene rings is 4. The highest BCUT2D eigenvalue weighted by Gasteiger charge is 2.50. The van der Waals surface area contributed by atoms with Crippen molar-refractivity contribution >= 4 is 5.90 Å². The Morgan fingerprint density at radius 1 is 0.510 bits per heavy atom. The van der Waals surface area contributed by atoms with E-state index in [1.807, 2.05) is 97.1 Å². The third kappa shape index (κ3) is 10.9. The first-order chi connectivity index (χ1) is 24.9. The van der Waals surface area contributed by atoms with E-state index >= 15 is 0 Å². The quantitative estimate of drug-likeness (QED) is 0.0884. The molecule has 11 nitrogen and oxygen atoms in total. The summed E-state index contributed by atoms with van der Waals surface area (Å²) in [6.45, 7) is 2.77. The monoisotopic (exact) mass is 701 g/mol. The van der Waals surface area contributed by atoms with Gasteiger partial charge in [0.15, 0.2) is 5.90 Å². The summed E-state index contributed by atoms with van der Waals surface area (Å²) in [6, 6.07) is 30.6. The molecule has 0 bridgehead atoms. The van der Waals surface area contributed by atoms with Crippen molar-refractivity contribution in [1.82, 2.24) is 0 Å². The van der Waals surface area contributed by atoms with E-state index in [-0.39, 0.29) is 32.3 Å². The highest BCUT2D eigenvalue weighted by molar-refractivity contribution is 5.69. The van der Waals surface area contributed by atoms with Gasteiger partial charge in [-0.3, -0.25) is 5.41 Å². The molecule has 1 N–H and O–H groups in total. The minimum absolute atomic E-state index is 0.0255. The minimum atomic E-state index is -0.989.